The zero-order chi connectivity index (χ0) is 5.98. The number of furan rings is 1. The molecule has 1 atom stereocenters. The maximum absolute atomic E-state index is 8.60. The van der Waals surface area contributed by atoms with Crippen molar-refractivity contribution in [1.29, 1.82) is 0 Å². The maximum Gasteiger partial charge on any atom is 0.161 e. The van der Waals surface area contributed by atoms with Gasteiger partial charge in [0.05, 0.1) is 6.26 Å². The molecule has 3 N–H and O–H groups in total. The minimum atomic E-state index is -0.981. The van der Waals surface area contributed by atoms with Gasteiger partial charge in [-0.3, -0.25) is 5.73 Å². The lowest BCUT2D eigenvalue weighted by Gasteiger charge is -1.94. The Morgan fingerprint density at radius 1 is 1.75 bits per heavy atom. The number of rotatable bonds is 1. The lowest BCUT2D eigenvalue weighted by atomic mass is 10.4. The minimum absolute atomic E-state index is 0.394. The number of nitrogens with two attached hydrogens (primary N) is 1. The molecule has 0 aliphatic rings. The third-order valence-corrected chi connectivity index (χ3v) is 0.835. The van der Waals surface area contributed by atoms with Crippen LogP contribution in [-0.2, 0) is 0 Å². The lowest BCUT2D eigenvalue weighted by Crippen LogP contribution is -2.06. The second-order valence-electron chi connectivity index (χ2n) is 1.46. The fourth-order valence-electron chi connectivity index (χ4n) is 0.460. The molecule has 0 aliphatic carbocycles. The van der Waals surface area contributed by atoms with Crippen molar-refractivity contribution in [1.82, 2.24) is 0 Å². The normalized spacial score (nSPS) is 13.8. The fraction of sp³-hybridized carbons (Fsp3) is 0.200. The van der Waals surface area contributed by atoms with Crippen molar-refractivity contribution < 1.29 is 9.52 Å². The Balaban J connectivity index is 2.77. The molecule has 44 valence electrons. The third-order valence-electron chi connectivity index (χ3n) is 0.835. The predicted molar refractivity (Wildman–Crippen MR) is 27.9 cm³/mol. The summed E-state index contributed by atoms with van der Waals surface area (Å²) in [5, 5.41) is 8.60. The summed E-state index contributed by atoms with van der Waals surface area (Å²) in [6.45, 7) is 0. The van der Waals surface area contributed by atoms with Gasteiger partial charge in [-0.25, -0.2) is 0 Å². The first kappa shape index (κ1) is 5.34. The highest BCUT2D eigenvalue weighted by Gasteiger charge is 2.00. The van der Waals surface area contributed by atoms with Crippen molar-refractivity contribution in [2.24, 2.45) is 5.73 Å². The number of hydrogen-bond donors (Lipinski definition) is 2. The highest BCUT2D eigenvalue weighted by atomic mass is 16.4. The molecule has 0 amide bonds. The first-order valence-corrected chi connectivity index (χ1v) is 2.28. The van der Waals surface area contributed by atoms with E-state index in [0.29, 0.717) is 5.76 Å². The van der Waals surface area contributed by atoms with E-state index in [4.69, 9.17) is 15.3 Å². The first-order chi connectivity index (χ1) is 3.80. The molecular weight excluding hydrogens is 106 g/mol. The summed E-state index contributed by atoms with van der Waals surface area (Å²) in [7, 11) is 0. The van der Waals surface area contributed by atoms with E-state index in [1.807, 2.05) is 0 Å². The Morgan fingerprint density at radius 2 is 2.50 bits per heavy atom. The van der Waals surface area contributed by atoms with E-state index in [1.54, 1.807) is 12.1 Å². The van der Waals surface area contributed by atoms with Crippen LogP contribution >= 0.6 is 0 Å². The second-order valence-corrected chi connectivity index (χ2v) is 1.46. The monoisotopic (exact) mass is 113 g/mol. The van der Waals surface area contributed by atoms with E-state index in [9.17, 15) is 0 Å². The van der Waals surface area contributed by atoms with Gasteiger partial charge in [0.2, 0.25) is 0 Å². The van der Waals surface area contributed by atoms with Gasteiger partial charge in [-0.1, -0.05) is 0 Å². The molecule has 1 rings (SSSR count). The number of hydrogen-bond acceptors (Lipinski definition) is 3. The van der Waals surface area contributed by atoms with E-state index in [-0.39, 0.29) is 0 Å². The molecule has 0 saturated carbocycles. The van der Waals surface area contributed by atoms with Gasteiger partial charge in [0.1, 0.15) is 5.76 Å². The third kappa shape index (κ3) is 0.882. The minimum Gasteiger partial charge on any atom is -0.465 e. The van der Waals surface area contributed by atoms with Crippen LogP contribution in [0.1, 0.15) is 12.0 Å². The van der Waals surface area contributed by atoms with E-state index >= 15 is 0 Å². The average Bonchev–Trinajstić information content (AvgIpc) is 2.12. The Kier molecular flexibility index (Phi) is 1.32. The molecule has 0 aliphatic heterocycles. The molecule has 0 saturated heterocycles. The summed E-state index contributed by atoms with van der Waals surface area (Å²) in [6, 6.07) is 3.29. The zero-order valence-electron chi connectivity index (χ0n) is 4.24. The standard InChI is InChI=1S/C5H7NO2/c6-5(7)4-2-1-3-8-4/h1-3,5,7H,6H2. The van der Waals surface area contributed by atoms with Crippen LogP contribution < -0.4 is 5.73 Å². The fourth-order valence-corrected chi connectivity index (χ4v) is 0.460. The average molecular weight is 113 g/mol. The SMILES string of the molecule is NC(O)c1ccco1. The molecule has 1 aromatic rings. The van der Waals surface area contributed by atoms with Gasteiger partial charge in [0.25, 0.3) is 0 Å². The van der Waals surface area contributed by atoms with Crippen LogP contribution in [-0.4, -0.2) is 5.11 Å². The molecule has 1 aromatic heterocycles. The van der Waals surface area contributed by atoms with E-state index < -0.39 is 6.23 Å². The first-order valence-electron chi connectivity index (χ1n) is 2.28. The molecule has 0 spiro atoms. The summed E-state index contributed by atoms with van der Waals surface area (Å²) in [5.41, 5.74) is 5.02. The van der Waals surface area contributed by atoms with Gasteiger partial charge in [-0.15, -0.1) is 0 Å². The van der Waals surface area contributed by atoms with Crippen LogP contribution in [0.4, 0.5) is 0 Å². The molecule has 0 bridgehead atoms. The quantitative estimate of drug-likeness (QED) is 0.512. The Hall–Kier alpha value is -0.800. The Bertz CT molecular complexity index is 145. The van der Waals surface area contributed by atoms with Crippen molar-refractivity contribution >= 4 is 0 Å². The van der Waals surface area contributed by atoms with Crippen LogP contribution in [0.25, 0.3) is 0 Å². The summed E-state index contributed by atoms with van der Waals surface area (Å²) in [5.74, 6) is 0.394. The van der Waals surface area contributed by atoms with Gasteiger partial charge in [0.15, 0.2) is 6.23 Å². The Labute approximate surface area is 46.7 Å². The molecule has 0 radical (unpaired) electrons. The molecule has 3 heteroatoms. The number of aliphatic hydroxyl groups excluding tert-OH is 1. The lowest BCUT2D eigenvalue weighted by molar-refractivity contribution is 0.157. The second kappa shape index (κ2) is 1.98. The van der Waals surface area contributed by atoms with Gasteiger partial charge in [-0.2, -0.15) is 0 Å². The van der Waals surface area contributed by atoms with Gasteiger partial charge in [0, 0.05) is 0 Å². The van der Waals surface area contributed by atoms with Crippen LogP contribution in [0.2, 0.25) is 0 Å². The summed E-state index contributed by atoms with van der Waals surface area (Å²) in [4.78, 5) is 0. The van der Waals surface area contributed by atoms with Crippen molar-refractivity contribution in [3.63, 3.8) is 0 Å². The highest BCUT2D eigenvalue weighted by Crippen LogP contribution is 2.05. The van der Waals surface area contributed by atoms with Gasteiger partial charge >= 0.3 is 0 Å². The van der Waals surface area contributed by atoms with Gasteiger partial charge < -0.3 is 9.52 Å². The molecule has 1 heterocycles. The zero-order valence-corrected chi connectivity index (χ0v) is 4.24. The van der Waals surface area contributed by atoms with Crippen molar-refractivity contribution in [3.05, 3.63) is 24.2 Å². The topological polar surface area (TPSA) is 59.4 Å². The summed E-state index contributed by atoms with van der Waals surface area (Å²) < 4.78 is 4.72. The van der Waals surface area contributed by atoms with Crippen molar-refractivity contribution in [3.8, 4) is 0 Å². The van der Waals surface area contributed by atoms with Gasteiger partial charge in [-0.05, 0) is 12.1 Å². The van der Waals surface area contributed by atoms with E-state index in [2.05, 4.69) is 0 Å². The largest absolute Gasteiger partial charge is 0.465 e. The smallest absolute Gasteiger partial charge is 0.161 e. The molecular formula is C5H7NO2. The Morgan fingerprint density at radius 3 is 2.75 bits per heavy atom. The number of aliphatic hydroxyl groups is 1. The highest BCUT2D eigenvalue weighted by molar-refractivity contribution is 4.99. The molecule has 1 unspecified atom stereocenters. The van der Waals surface area contributed by atoms with Crippen LogP contribution in [0.5, 0.6) is 0 Å². The molecule has 3 nitrogen and oxygen atoms in total. The van der Waals surface area contributed by atoms with Crippen LogP contribution in [0.15, 0.2) is 22.8 Å². The molecule has 0 fully saturated rings. The van der Waals surface area contributed by atoms with Crippen LogP contribution in [0, 0.1) is 0 Å². The predicted octanol–water partition coefficient (Wildman–Crippen LogP) is 0.229. The maximum atomic E-state index is 8.60. The molecule has 8 heavy (non-hydrogen) atoms. The van der Waals surface area contributed by atoms with E-state index in [0.717, 1.165) is 0 Å². The van der Waals surface area contributed by atoms with Crippen molar-refractivity contribution in [2.45, 2.75) is 6.23 Å². The molecule has 0 aromatic carbocycles. The summed E-state index contributed by atoms with van der Waals surface area (Å²) in [6.07, 6.45) is 0.482. The van der Waals surface area contributed by atoms with E-state index in [1.165, 1.54) is 6.26 Å². The summed E-state index contributed by atoms with van der Waals surface area (Å²) >= 11 is 0. The van der Waals surface area contributed by atoms with Crippen LogP contribution in [0.3, 0.4) is 0 Å². The van der Waals surface area contributed by atoms with Crippen molar-refractivity contribution in [2.75, 3.05) is 0 Å².